The van der Waals surface area contributed by atoms with E-state index in [0.717, 1.165) is 16.6 Å². The molecule has 23 heavy (non-hydrogen) atoms. The molecule has 0 aliphatic carbocycles. The summed E-state index contributed by atoms with van der Waals surface area (Å²) in [5, 5.41) is 0. The first-order chi connectivity index (χ1) is 11.0. The van der Waals surface area contributed by atoms with E-state index in [9.17, 15) is 8.78 Å². The second kappa shape index (κ2) is 6.34. The van der Waals surface area contributed by atoms with Crippen LogP contribution in [0.1, 0.15) is 0 Å². The lowest BCUT2D eigenvalue weighted by Gasteiger charge is -2.09. The Balaban J connectivity index is 1.90. The number of nitrogens with zero attached hydrogens (tertiary/aromatic N) is 1. The van der Waals surface area contributed by atoms with Crippen molar-refractivity contribution in [2.24, 2.45) is 0 Å². The summed E-state index contributed by atoms with van der Waals surface area (Å²) in [6.07, 6.45) is 3.09. The van der Waals surface area contributed by atoms with Gasteiger partial charge in [-0.25, -0.2) is 8.78 Å². The van der Waals surface area contributed by atoms with E-state index in [1.54, 1.807) is 30.5 Å². The number of aromatic nitrogens is 1. The number of ether oxygens (including phenoxy) is 1. The van der Waals surface area contributed by atoms with Gasteiger partial charge in [0.2, 0.25) is 0 Å². The minimum Gasteiger partial charge on any atom is -0.456 e. The van der Waals surface area contributed by atoms with E-state index in [2.05, 4.69) is 20.9 Å². The Morgan fingerprint density at radius 1 is 0.870 bits per heavy atom. The van der Waals surface area contributed by atoms with Crippen LogP contribution in [0.5, 0.6) is 11.5 Å². The molecular weight excluding hydrogens is 366 g/mol. The lowest BCUT2D eigenvalue weighted by molar-refractivity contribution is 0.480. The summed E-state index contributed by atoms with van der Waals surface area (Å²) in [5.41, 5.74) is 7.47. The second-order valence-electron chi connectivity index (χ2n) is 4.82. The number of pyridine rings is 1. The van der Waals surface area contributed by atoms with Crippen molar-refractivity contribution in [2.45, 2.75) is 0 Å². The van der Waals surface area contributed by atoms with Crippen LogP contribution in [-0.4, -0.2) is 4.98 Å². The Hall–Kier alpha value is -2.47. The molecule has 6 heteroatoms. The molecule has 0 radical (unpaired) electrons. The standard InChI is InChI=1S/C17H11BrF2N2O/c18-14-7-12(2-4-17(14)21)23-13-5-11(8-22-9-13)10-1-3-15(19)16(20)6-10/h1-9H,21H2. The van der Waals surface area contributed by atoms with Crippen LogP contribution >= 0.6 is 15.9 Å². The Kier molecular flexibility index (Phi) is 4.25. The number of nitrogens with two attached hydrogens (primary N) is 1. The van der Waals surface area contributed by atoms with Crippen molar-refractivity contribution in [1.82, 2.24) is 4.98 Å². The third kappa shape index (κ3) is 3.48. The van der Waals surface area contributed by atoms with E-state index in [4.69, 9.17) is 10.5 Å². The molecule has 0 unspecified atom stereocenters. The van der Waals surface area contributed by atoms with Crippen molar-refractivity contribution >= 4 is 21.6 Å². The maximum Gasteiger partial charge on any atom is 0.159 e. The highest BCUT2D eigenvalue weighted by molar-refractivity contribution is 9.10. The molecule has 1 heterocycles. The van der Waals surface area contributed by atoms with Crippen LogP contribution in [0.15, 0.2) is 59.3 Å². The number of halogens is 3. The SMILES string of the molecule is Nc1ccc(Oc2cncc(-c3ccc(F)c(F)c3)c2)cc1Br. The van der Waals surface area contributed by atoms with Gasteiger partial charge in [-0.15, -0.1) is 0 Å². The van der Waals surface area contributed by atoms with Gasteiger partial charge in [-0.1, -0.05) is 6.07 Å². The number of rotatable bonds is 3. The van der Waals surface area contributed by atoms with Gasteiger partial charge >= 0.3 is 0 Å². The molecule has 2 N–H and O–H groups in total. The van der Waals surface area contributed by atoms with Crippen LogP contribution in [0.3, 0.4) is 0 Å². The molecule has 3 aromatic rings. The van der Waals surface area contributed by atoms with Crippen molar-refractivity contribution in [1.29, 1.82) is 0 Å². The summed E-state index contributed by atoms with van der Waals surface area (Å²) < 4.78 is 32.8. The molecule has 0 atom stereocenters. The number of benzene rings is 2. The highest BCUT2D eigenvalue weighted by Crippen LogP contribution is 2.30. The van der Waals surface area contributed by atoms with Crippen LogP contribution < -0.4 is 10.5 Å². The van der Waals surface area contributed by atoms with Crippen molar-refractivity contribution in [3.63, 3.8) is 0 Å². The highest BCUT2D eigenvalue weighted by Gasteiger charge is 2.07. The molecule has 2 aromatic carbocycles. The monoisotopic (exact) mass is 376 g/mol. The average molecular weight is 377 g/mol. The first-order valence-corrected chi connectivity index (χ1v) is 7.45. The Bertz CT molecular complexity index is 871. The van der Waals surface area contributed by atoms with Gasteiger partial charge in [-0.2, -0.15) is 0 Å². The molecule has 0 fully saturated rings. The number of hydrogen-bond acceptors (Lipinski definition) is 3. The minimum atomic E-state index is -0.906. The largest absolute Gasteiger partial charge is 0.456 e. The predicted molar refractivity (Wildman–Crippen MR) is 88.2 cm³/mol. The third-order valence-electron chi connectivity index (χ3n) is 3.17. The number of nitrogen functional groups attached to an aromatic ring is 1. The van der Waals surface area contributed by atoms with Gasteiger partial charge in [-0.05, 0) is 57.9 Å². The van der Waals surface area contributed by atoms with Gasteiger partial charge in [0.05, 0.1) is 6.20 Å². The zero-order valence-corrected chi connectivity index (χ0v) is 13.3. The molecule has 0 saturated carbocycles. The first kappa shape index (κ1) is 15.4. The number of hydrogen-bond donors (Lipinski definition) is 1. The lowest BCUT2D eigenvalue weighted by Crippen LogP contribution is -1.90. The molecule has 3 nitrogen and oxygen atoms in total. The van der Waals surface area contributed by atoms with Gasteiger partial charge < -0.3 is 10.5 Å². The smallest absolute Gasteiger partial charge is 0.159 e. The van der Waals surface area contributed by atoms with E-state index in [0.29, 0.717) is 28.3 Å². The molecule has 0 amide bonds. The molecule has 0 spiro atoms. The predicted octanol–water partition coefficient (Wildman–Crippen LogP) is 5.16. The Morgan fingerprint density at radius 2 is 1.70 bits per heavy atom. The Morgan fingerprint density at radius 3 is 2.43 bits per heavy atom. The van der Waals surface area contributed by atoms with Crippen molar-refractivity contribution < 1.29 is 13.5 Å². The molecule has 1 aromatic heterocycles. The summed E-state index contributed by atoms with van der Waals surface area (Å²) >= 11 is 3.33. The fourth-order valence-electron chi connectivity index (χ4n) is 2.02. The fourth-order valence-corrected chi connectivity index (χ4v) is 2.37. The van der Waals surface area contributed by atoms with Crippen LogP contribution in [-0.2, 0) is 0 Å². The first-order valence-electron chi connectivity index (χ1n) is 6.66. The molecular formula is C17H11BrF2N2O. The van der Waals surface area contributed by atoms with Crippen LogP contribution in [0, 0.1) is 11.6 Å². The quantitative estimate of drug-likeness (QED) is 0.641. The topological polar surface area (TPSA) is 48.1 Å². The lowest BCUT2D eigenvalue weighted by atomic mass is 10.1. The highest BCUT2D eigenvalue weighted by atomic mass is 79.9. The second-order valence-corrected chi connectivity index (χ2v) is 5.68. The Labute approximate surface area is 139 Å². The van der Waals surface area contributed by atoms with Gasteiger partial charge in [-0.3, -0.25) is 4.98 Å². The van der Waals surface area contributed by atoms with E-state index < -0.39 is 11.6 Å². The summed E-state index contributed by atoms with van der Waals surface area (Å²) in [6.45, 7) is 0. The maximum absolute atomic E-state index is 13.4. The van der Waals surface area contributed by atoms with E-state index in [1.807, 2.05) is 0 Å². The maximum atomic E-state index is 13.4. The van der Waals surface area contributed by atoms with Crippen LogP contribution in [0.4, 0.5) is 14.5 Å². The van der Waals surface area contributed by atoms with Crippen molar-refractivity contribution in [2.75, 3.05) is 5.73 Å². The van der Waals surface area contributed by atoms with Crippen LogP contribution in [0.2, 0.25) is 0 Å². The summed E-state index contributed by atoms with van der Waals surface area (Å²) in [5.74, 6) is -0.739. The summed E-state index contributed by atoms with van der Waals surface area (Å²) in [6, 6.07) is 10.6. The molecule has 3 rings (SSSR count). The third-order valence-corrected chi connectivity index (χ3v) is 3.86. The van der Waals surface area contributed by atoms with Crippen molar-refractivity contribution in [3.05, 3.63) is 71.0 Å². The summed E-state index contributed by atoms with van der Waals surface area (Å²) in [4.78, 5) is 4.07. The average Bonchev–Trinajstić information content (AvgIpc) is 2.54. The molecule has 0 aliphatic rings. The van der Waals surface area contributed by atoms with Crippen LogP contribution in [0.25, 0.3) is 11.1 Å². The van der Waals surface area contributed by atoms with Gasteiger partial charge in [0.1, 0.15) is 11.5 Å². The molecule has 0 bridgehead atoms. The molecule has 0 aliphatic heterocycles. The fraction of sp³-hybridized carbons (Fsp3) is 0. The molecule has 116 valence electrons. The zero-order chi connectivity index (χ0) is 16.4. The minimum absolute atomic E-state index is 0.476. The van der Waals surface area contributed by atoms with Gasteiger partial charge in [0.15, 0.2) is 11.6 Å². The van der Waals surface area contributed by atoms with E-state index in [-0.39, 0.29) is 0 Å². The van der Waals surface area contributed by atoms with Gasteiger partial charge in [0, 0.05) is 21.9 Å². The van der Waals surface area contributed by atoms with E-state index in [1.165, 1.54) is 12.3 Å². The molecule has 0 saturated heterocycles. The zero-order valence-electron chi connectivity index (χ0n) is 11.8. The van der Waals surface area contributed by atoms with Crippen molar-refractivity contribution in [3.8, 4) is 22.6 Å². The number of anilines is 1. The summed E-state index contributed by atoms with van der Waals surface area (Å²) in [7, 11) is 0. The van der Waals surface area contributed by atoms with Gasteiger partial charge in [0.25, 0.3) is 0 Å². The normalized spacial score (nSPS) is 10.6. The van der Waals surface area contributed by atoms with E-state index >= 15 is 0 Å².